The Kier molecular flexibility index (Phi) is 10.7. The number of aliphatic hydroxyl groups is 1. The summed E-state index contributed by atoms with van der Waals surface area (Å²) < 4.78 is 142. The highest BCUT2D eigenvalue weighted by Crippen LogP contribution is 2.42. The zero-order valence-electron chi connectivity index (χ0n) is 17.8. The molecule has 198 valence electrons. The lowest BCUT2D eigenvalue weighted by atomic mass is 10.1. The third-order valence-corrected chi connectivity index (χ3v) is 3.90. The summed E-state index contributed by atoms with van der Waals surface area (Å²) in [7, 11) is 0. The molecule has 0 aromatic carbocycles. The summed E-state index contributed by atoms with van der Waals surface area (Å²) >= 11 is 0. The molecule has 0 aromatic heterocycles. The Balaban J connectivity index is 0.00000190. The molecule has 1 N–H and O–H groups in total. The summed E-state index contributed by atoms with van der Waals surface area (Å²) in [4.78, 5) is 11.8. The van der Waals surface area contributed by atoms with Crippen molar-refractivity contribution in [2.75, 3.05) is 19.8 Å². The van der Waals surface area contributed by atoms with Gasteiger partial charge < -0.3 is 19.3 Å². The molecule has 0 bridgehead atoms. The lowest BCUT2D eigenvalue weighted by Crippen LogP contribution is -2.57. The van der Waals surface area contributed by atoms with Crippen molar-refractivity contribution in [2.24, 2.45) is 5.92 Å². The van der Waals surface area contributed by atoms with Gasteiger partial charge in [0.1, 0.15) is 5.76 Å². The monoisotopic (exact) mass is 520 g/mol. The van der Waals surface area contributed by atoms with Gasteiger partial charge in [0.25, 0.3) is 0 Å². The molecular weight excluding hydrogens is 498 g/mol. The minimum absolute atomic E-state index is 0.221. The fraction of sp³-hybridized carbons (Fsp3) is 0.632. The standard InChI is InChI=1S/C15H16F10O4.C4H6O/c1-5-27-10(26)13(15(23,24)25,29-9(3)8(2)14(20,21)22)28-7-6-12(18,19)11(4,16)17;5-3-4-1-2-4/h2-3,5-7H2,1,4H3;1-2,4-5H,3H2. The van der Waals surface area contributed by atoms with E-state index in [0.29, 0.717) is 12.5 Å². The van der Waals surface area contributed by atoms with E-state index in [4.69, 9.17) is 5.11 Å². The van der Waals surface area contributed by atoms with Gasteiger partial charge in [-0.25, -0.2) is 13.6 Å². The van der Waals surface area contributed by atoms with Gasteiger partial charge >= 0.3 is 36.0 Å². The molecule has 34 heavy (non-hydrogen) atoms. The van der Waals surface area contributed by atoms with Crippen molar-refractivity contribution >= 4 is 5.97 Å². The van der Waals surface area contributed by atoms with E-state index in [2.05, 4.69) is 27.4 Å². The van der Waals surface area contributed by atoms with Crippen LogP contribution in [-0.4, -0.2) is 60.9 Å². The van der Waals surface area contributed by atoms with Gasteiger partial charge in [0.15, 0.2) is 0 Å². The fourth-order valence-electron chi connectivity index (χ4n) is 1.75. The molecule has 0 spiro atoms. The van der Waals surface area contributed by atoms with Crippen LogP contribution < -0.4 is 0 Å². The van der Waals surface area contributed by atoms with Gasteiger partial charge in [0.05, 0.1) is 25.4 Å². The highest BCUT2D eigenvalue weighted by atomic mass is 19.4. The molecule has 0 amide bonds. The minimum atomic E-state index is -5.99. The average molecular weight is 520 g/mol. The summed E-state index contributed by atoms with van der Waals surface area (Å²) in [5.74, 6) is -18.1. The van der Waals surface area contributed by atoms with Crippen LogP contribution in [0.1, 0.15) is 20.3 Å². The Morgan fingerprint density at radius 3 is 1.79 bits per heavy atom. The van der Waals surface area contributed by atoms with Gasteiger partial charge in [-0.1, -0.05) is 25.3 Å². The van der Waals surface area contributed by atoms with E-state index >= 15 is 0 Å². The molecule has 1 atom stereocenters. The Morgan fingerprint density at radius 2 is 1.50 bits per heavy atom. The van der Waals surface area contributed by atoms with Crippen LogP contribution >= 0.6 is 0 Å². The van der Waals surface area contributed by atoms with Crippen molar-refractivity contribution in [3.63, 3.8) is 0 Å². The first-order valence-electron chi connectivity index (χ1n) is 9.23. The maximum absolute atomic E-state index is 13.5. The summed E-state index contributed by atoms with van der Waals surface area (Å²) in [5, 5.41) is 8.14. The van der Waals surface area contributed by atoms with E-state index in [0.717, 1.165) is 6.92 Å². The minimum Gasteiger partial charge on any atom is -0.461 e. The summed E-state index contributed by atoms with van der Waals surface area (Å²) in [6.45, 7) is 3.43. The number of hydrogen-bond donors (Lipinski definition) is 1. The Bertz CT molecular complexity index is 746. The van der Waals surface area contributed by atoms with Gasteiger partial charge in [0, 0.05) is 19.3 Å². The van der Waals surface area contributed by atoms with Gasteiger partial charge in [0.2, 0.25) is 0 Å². The van der Waals surface area contributed by atoms with Crippen LogP contribution in [0.15, 0.2) is 36.6 Å². The van der Waals surface area contributed by atoms with Crippen molar-refractivity contribution in [3.8, 4) is 0 Å². The molecule has 0 saturated heterocycles. The molecule has 0 aliphatic heterocycles. The topological polar surface area (TPSA) is 65.0 Å². The molecule has 0 aromatic rings. The van der Waals surface area contributed by atoms with Crippen molar-refractivity contribution in [2.45, 2.75) is 50.3 Å². The van der Waals surface area contributed by atoms with Crippen LogP contribution in [-0.2, 0) is 19.0 Å². The molecule has 1 rings (SSSR count). The number of hydrogen-bond acceptors (Lipinski definition) is 5. The number of ether oxygens (including phenoxy) is 3. The number of carbonyl (C=O) groups is 1. The van der Waals surface area contributed by atoms with E-state index in [1.165, 1.54) is 0 Å². The van der Waals surface area contributed by atoms with E-state index in [1.54, 1.807) is 0 Å². The first kappa shape index (κ1) is 31.7. The van der Waals surface area contributed by atoms with Gasteiger partial charge in [-0.05, 0) is 6.92 Å². The number of rotatable bonds is 11. The van der Waals surface area contributed by atoms with Crippen molar-refractivity contribution in [1.82, 2.24) is 0 Å². The molecule has 0 fully saturated rings. The third kappa shape index (κ3) is 8.81. The second kappa shape index (κ2) is 11.4. The lowest BCUT2D eigenvalue weighted by molar-refractivity contribution is -0.360. The first-order valence-corrected chi connectivity index (χ1v) is 9.23. The second-order valence-electron chi connectivity index (χ2n) is 6.76. The molecular formula is C19H22F10O5. The van der Waals surface area contributed by atoms with Crippen LogP contribution in [0, 0.1) is 5.92 Å². The van der Waals surface area contributed by atoms with Crippen LogP contribution in [0.3, 0.4) is 0 Å². The molecule has 0 heterocycles. The lowest BCUT2D eigenvalue weighted by Gasteiger charge is -2.34. The molecule has 1 aliphatic carbocycles. The predicted octanol–water partition coefficient (Wildman–Crippen LogP) is 5.32. The highest BCUT2D eigenvalue weighted by molar-refractivity contribution is 5.79. The molecule has 5 nitrogen and oxygen atoms in total. The number of esters is 1. The smallest absolute Gasteiger partial charge is 0.461 e. The fourth-order valence-corrected chi connectivity index (χ4v) is 1.75. The zero-order chi connectivity index (χ0) is 27.2. The number of carbonyl (C=O) groups excluding carboxylic acids is 1. The second-order valence-corrected chi connectivity index (χ2v) is 6.76. The zero-order valence-corrected chi connectivity index (χ0v) is 17.8. The Morgan fingerprint density at radius 1 is 1.00 bits per heavy atom. The number of alkyl halides is 10. The highest BCUT2D eigenvalue weighted by Gasteiger charge is 2.68. The van der Waals surface area contributed by atoms with Gasteiger partial charge in [-0.3, -0.25) is 0 Å². The molecule has 0 saturated carbocycles. The van der Waals surface area contributed by atoms with E-state index in [1.807, 2.05) is 12.2 Å². The first-order chi connectivity index (χ1) is 15.2. The van der Waals surface area contributed by atoms with Crippen LogP contribution in [0.5, 0.6) is 0 Å². The summed E-state index contributed by atoms with van der Waals surface area (Å²) in [5.41, 5.74) is -2.05. The Labute approximate surface area is 187 Å². The number of allylic oxidation sites excluding steroid dienone is 1. The molecule has 15 heteroatoms. The maximum Gasteiger partial charge on any atom is 0.468 e. The quantitative estimate of drug-likeness (QED) is 0.0999. The average Bonchev–Trinajstić information content (AvgIpc) is 3.49. The summed E-state index contributed by atoms with van der Waals surface area (Å²) in [6, 6.07) is 0. The van der Waals surface area contributed by atoms with Crippen LogP contribution in [0.25, 0.3) is 0 Å². The normalized spacial score (nSPS) is 16.1. The maximum atomic E-state index is 13.5. The van der Waals surface area contributed by atoms with Crippen molar-refractivity contribution in [3.05, 3.63) is 36.6 Å². The van der Waals surface area contributed by atoms with Crippen LogP contribution in [0.2, 0.25) is 0 Å². The third-order valence-electron chi connectivity index (χ3n) is 3.90. The molecule has 1 aliphatic rings. The van der Waals surface area contributed by atoms with E-state index in [-0.39, 0.29) is 6.92 Å². The number of aliphatic hydroxyl groups excluding tert-OH is 1. The van der Waals surface area contributed by atoms with E-state index in [9.17, 15) is 48.7 Å². The summed E-state index contributed by atoms with van der Waals surface area (Å²) in [6.07, 6.45) is -9.41. The SMILES string of the molecule is C=C(OC(OCCC(F)(F)C(C)(F)F)(C(=O)OCC)C(F)(F)F)C(=C)C(F)(F)F.OCC1C=C1. The number of halogens is 10. The molecule has 1 unspecified atom stereocenters. The largest absolute Gasteiger partial charge is 0.468 e. The van der Waals surface area contributed by atoms with Crippen molar-refractivity contribution < 1.29 is 68.0 Å². The van der Waals surface area contributed by atoms with Crippen molar-refractivity contribution in [1.29, 1.82) is 0 Å². The predicted molar refractivity (Wildman–Crippen MR) is 96.7 cm³/mol. The Hall–Kier alpha value is -2.29. The van der Waals surface area contributed by atoms with Gasteiger partial charge in [-0.2, -0.15) is 35.1 Å². The van der Waals surface area contributed by atoms with Gasteiger partial charge in [-0.15, -0.1) is 0 Å². The molecule has 0 radical (unpaired) electrons. The van der Waals surface area contributed by atoms with Crippen LogP contribution in [0.4, 0.5) is 43.9 Å². The van der Waals surface area contributed by atoms with E-state index < -0.39 is 66.9 Å².